The number of carbonyl (C=O) groups is 1. The van der Waals surface area contributed by atoms with E-state index < -0.39 is 5.82 Å². The smallest absolute Gasteiger partial charge is 0.254 e. The lowest BCUT2D eigenvalue weighted by Crippen LogP contribution is -2.48. The highest BCUT2D eigenvalue weighted by molar-refractivity contribution is 7.16. The van der Waals surface area contributed by atoms with Crippen LogP contribution in [0.1, 0.15) is 71.4 Å². The van der Waals surface area contributed by atoms with Gasteiger partial charge in [0.2, 0.25) is 0 Å². The highest BCUT2D eigenvalue weighted by atomic mass is 35.5. The lowest BCUT2D eigenvalue weighted by Gasteiger charge is -2.35. The summed E-state index contributed by atoms with van der Waals surface area (Å²) in [6, 6.07) is 6.20. The predicted octanol–water partition coefficient (Wildman–Crippen LogP) is 5.42. The molecule has 2 saturated heterocycles. The van der Waals surface area contributed by atoms with Crippen LogP contribution < -0.4 is 5.32 Å². The van der Waals surface area contributed by atoms with E-state index in [4.69, 9.17) is 11.6 Å². The summed E-state index contributed by atoms with van der Waals surface area (Å²) in [7, 11) is 1.83. The number of nitrogens with one attached hydrogen (secondary N) is 1. The summed E-state index contributed by atoms with van der Waals surface area (Å²) in [6.45, 7) is 1.89. The van der Waals surface area contributed by atoms with Crippen LogP contribution in [0.4, 0.5) is 4.39 Å². The highest BCUT2D eigenvalue weighted by Gasteiger charge is 2.45. The molecule has 3 fully saturated rings. The van der Waals surface area contributed by atoms with E-state index in [0.717, 1.165) is 41.0 Å². The van der Waals surface area contributed by atoms with Crippen LogP contribution in [0.15, 0.2) is 23.6 Å². The van der Waals surface area contributed by atoms with E-state index in [0.29, 0.717) is 28.2 Å². The first kappa shape index (κ1) is 21.4. The van der Waals surface area contributed by atoms with Gasteiger partial charge in [-0.05, 0) is 68.5 Å². The van der Waals surface area contributed by atoms with E-state index in [-0.39, 0.29) is 23.8 Å². The van der Waals surface area contributed by atoms with Crippen LogP contribution in [0, 0.1) is 12.7 Å². The van der Waals surface area contributed by atoms with Crippen molar-refractivity contribution in [2.45, 2.75) is 69.0 Å². The first-order valence-corrected chi connectivity index (χ1v) is 12.9. The highest BCUT2D eigenvalue weighted by Crippen LogP contribution is 2.57. The number of hydrogen-bond acceptors (Lipinski definition) is 5. The molecule has 8 heteroatoms. The standard InChI is InChI=1S/C25H26ClFN4OS/c1-12-28-23(17-5-6-33-24(17)29-12)19-11-18(19)22-20(26)7-13(8-21(22)27)25(32)31(2)16-9-14-3-4-15(10-16)30-14/h5-8,14-16,18-19,30H,3-4,9-11H2,1-2H3/t14?,15?,16?,18-,19-/m1/s1. The predicted molar refractivity (Wildman–Crippen MR) is 129 cm³/mol. The second kappa shape index (κ2) is 8.00. The molecule has 1 aliphatic carbocycles. The molecular formula is C25H26ClFN4OS. The van der Waals surface area contributed by atoms with Crippen LogP contribution in [-0.4, -0.2) is 45.9 Å². The number of nitrogens with zero attached hydrogens (tertiary/aromatic N) is 3. The molecule has 4 heterocycles. The minimum Gasteiger partial charge on any atom is -0.339 e. The van der Waals surface area contributed by atoms with E-state index in [9.17, 15) is 4.79 Å². The first-order chi connectivity index (χ1) is 15.9. The van der Waals surface area contributed by atoms with Gasteiger partial charge in [0.1, 0.15) is 16.5 Å². The third-order valence-corrected chi connectivity index (χ3v) is 8.74. The summed E-state index contributed by atoms with van der Waals surface area (Å²) in [5.74, 6) is 0.256. The minimum atomic E-state index is -0.399. The quantitative estimate of drug-likeness (QED) is 0.537. The molecule has 2 aliphatic heterocycles. The molecule has 2 unspecified atom stereocenters. The monoisotopic (exact) mass is 484 g/mol. The number of aryl methyl sites for hydroxylation is 1. The Hall–Kier alpha value is -2.09. The van der Waals surface area contributed by atoms with E-state index in [1.165, 1.54) is 18.9 Å². The van der Waals surface area contributed by atoms with Crippen LogP contribution >= 0.6 is 22.9 Å². The fourth-order valence-corrected chi connectivity index (χ4v) is 7.03. The number of thiophene rings is 1. The number of halogens is 2. The summed E-state index contributed by atoms with van der Waals surface area (Å²) in [5, 5.41) is 6.98. The van der Waals surface area contributed by atoms with Gasteiger partial charge in [-0.1, -0.05) is 11.6 Å². The number of hydrogen-bond donors (Lipinski definition) is 1. The Morgan fingerprint density at radius 1 is 1.18 bits per heavy atom. The molecule has 2 aromatic heterocycles. The van der Waals surface area contributed by atoms with Gasteiger partial charge >= 0.3 is 0 Å². The average Bonchev–Trinajstić information content (AvgIpc) is 3.27. The van der Waals surface area contributed by atoms with Crippen molar-refractivity contribution in [2.24, 2.45) is 0 Å². The maximum Gasteiger partial charge on any atom is 0.254 e. The maximum absolute atomic E-state index is 15.3. The van der Waals surface area contributed by atoms with E-state index >= 15 is 4.39 Å². The largest absolute Gasteiger partial charge is 0.339 e. The number of carbonyl (C=O) groups excluding carboxylic acids is 1. The van der Waals surface area contributed by atoms with Crippen LogP contribution in [0.3, 0.4) is 0 Å². The molecule has 4 atom stereocenters. The van der Waals surface area contributed by atoms with Gasteiger partial charge in [-0.3, -0.25) is 4.79 Å². The normalized spacial score (nSPS) is 28.3. The van der Waals surface area contributed by atoms with Crippen molar-refractivity contribution >= 4 is 39.1 Å². The van der Waals surface area contributed by atoms with Gasteiger partial charge in [-0.15, -0.1) is 11.3 Å². The molecule has 0 spiro atoms. The molecule has 33 heavy (non-hydrogen) atoms. The Bertz CT molecular complexity index is 1230. The Kier molecular flexibility index (Phi) is 5.20. The van der Waals surface area contributed by atoms with Crippen LogP contribution in [0.25, 0.3) is 10.2 Å². The zero-order valence-electron chi connectivity index (χ0n) is 18.6. The molecule has 5 nitrogen and oxygen atoms in total. The van der Waals surface area contributed by atoms with E-state index in [1.54, 1.807) is 22.3 Å². The van der Waals surface area contributed by atoms with Crippen LogP contribution in [0.5, 0.6) is 0 Å². The number of piperidine rings is 1. The summed E-state index contributed by atoms with van der Waals surface area (Å²) < 4.78 is 15.3. The van der Waals surface area contributed by atoms with Crippen molar-refractivity contribution in [1.29, 1.82) is 0 Å². The fourth-order valence-electron chi connectivity index (χ4n) is 5.86. The topological polar surface area (TPSA) is 58.1 Å². The molecule has 1 N–H and O–H groups in total. The summed E-state index contributed by atoms with van der Waals surface area (Å²) in [4.78, 5) is 25.1. The van der Waals surface area contributed by atoms with Crippen molar-refractivity contribution < 1.29 is 9.18 Å². The number of fused-ring (bicyclic) bond motifs is 3. The summed E-state index contributed by atoms with van der Waals surface area (Å²) in [5.41, 5.74) is 1.80. The van der Waals surface area contributed by atoms with Crippen molar-refractivity contribution in [1.82, 2.24) is 20.2 Å². The number of aromatic nitrogens is 2. The third-order valence-electron chi connectivity index (χ3n) is 7.62. The van der Waals surface area contributed by atoms with E-state index in [1.807, 2.05) is 25.4 Å². The number of amides is 1. The van der Waals surface area contributed by atoms with Crippen LogP contribution in [0.2, 0.25) is 5.02 Å². The minimum absolute atomic E-state index is 0.0307. The zero-order valence-corrected chi connectivity index (χ0v) is 20.2. The summed E-state index contributed by atoms with van der Waals surface area (Å²) >= 11 is 8.18. The Morgan fingerprint density at radius 3 is 2.67 bits per heavy atom. The van der Waals surface area contributed by atoms with E-state index in [2.05, 4.69) is 15.3 Å². The molecule has 3 aromatic rings. The number of rotatable bonds is 4. The maximum atomic E-state index is 15.3. The average molecular weight is 485 g/mol. The van der Waals surface area contributed by atoms with Gasteiger partial charge in [0, 0.05) is 52.6 Å². The van der Waals surface area contributed by atoms with Crippen molar-refractivity contribution in [3.8, 4) is 0 Å². The molecule has 1 aromatic carbocycles. The molecule has 2 bridgehead atoms. The van der Waals surface area contributed by atoms with Crippen molar-refractivity contribution in [3.63, 3.8) is 0 Å². The fraction of sp³-hybridized carbons (Fsp3) is 0.480. The lowest BCUT2D eigenvalue weighted by molar-refractivity contribution is 0.0681. The van der Waals surface area contributed by atoms with Gasteiger partial charge in [0.25, 0.3) is 5.91 Å². The van der Waals surface area contributed by atoms with Crippen molar-refractivity contribution in [3.05, 3.63) is 57.1 Å². The molecule has 6 rings (SSSR count). The molecule has 0 radical (unpaired) electrons. The van der Waals surface area contributed by atoms with Gasteiger partial charge in [0.05, 0.1) is 5.69 Å². The second-order valence-electron chi connectivity index (χ2n) is 9.78. The van der Waals surface area contributed by atoms with Gasteiger partial charge in [-0.25, -0.2) is 14.4 Å². The Balaban J connectivity index is 1.24. The van der Waals surface area contributed by atoms with Gasteiger partial charge in [0.15, 0.2) is 0 Å². The second-order valence-corrected chi connectivity index (χ2v) is 11.1. The number of benzene rings is 1. The SMILES string of the molecule is Cc1nc([C@@H]2C[C@H]2c2c(F)cc(C(=O)N(C)C3CC4CCC(C3)N4)cc2Cl)c2ccsc2n1. The summed E-state index contributed by atoms with van der Waals surface area (Å²) in [6.07, 6.45) is 5.04. The molecule has 3 aliphatic rings. The first-order valence-electron chi connectivity index (χ1n) is 11.6. The van der Waals surface area contributed by atoms with Crippen LogP contribution in [-0.2, 0) is 0 Å². The molecule has 1 saturated carbocycles. The third kappa shape index (κ3) is 3.74. The molecular weight excluding hydrogens is 459 g/mol. The van der Waals surface area contributed by atoms with Gasteiger partial charge < -0.3 is 10.2 Å². The van der Waals surface area contributed by atoms with Crippen molar-refractivity contribution in [2.75, 3.05) is 7.05 Å². The Morgan fingerprint density at radius 2 is 1.94 bits per heavy atom. The zero-order chi connectivity index (χ0) is 22.9. The molecule has 1 amide bonds. The lowest BCUT2D eigenvalue weighted by atomic mass is 9.97. The van der Waals surface area contributed by atoms with Gasteiger partial charge in [-0.2, -0.15) is 0 Å². The Labute approximate surface area is 201 Å². The molecule has 172 valence electrons.